The van der Waals surface area contributed by atoms with Crippen molar-refractivity contribution in [3.8, 4) is 0 Å². The van der Waals surface area contributed by atoms with E-state index in [9.17, 15) is 9.59 Å². The minimum absolute atomic E-state index is 0.201. The van der Waals surface area contributed by atoms with Gasteiger partial charge in [0, 0.05) is 19.5 Å². The molecule has 1 N–H and O–H groups in total. The standard InChI is InChI=1S/C13H24N2O3/c1-4-15(11-7-5-6-8-11)9-12(13(17)18-3)14-10(2)16/h11-12H,4-9H2,1-3H3,(H,14,16). The number of carbonyl (C=O) groups is 2. The zero-order chi connectivity index (χ0) is 13.5. The molecule has 0 aliphatic heterocycles. The number of hydrogen-bond acceptors (Lipinski definition) is 4. The summed E-state index contributed by atoms with van der Waals surface area (Å²) in [5.74, 6) is -0.575. The maximum atomic E-state index is 11.7. The summed E-state index contributed by atoms with van der Waals surface area (Å²) in [6.45, 7) is 4.92. The molecule has 0 bridgehead atoms. The molecule has 18 heavy (non-hydrogen) atoms. The lowest BCUT2D eigenvalue weighted by atomic mass is 10.1. The first kappa shape index (κ1) is 15.0. The van der Waals surface area contributed by atoms with Crippen LogP contribution in [0.2, 0.25) is 0 Å². The molecule has 1 unspecified atom stereocenters. The van der Waals surface area contributed by atoms with Crippen molar-refractivity contribution in [3.63, 3.8) is 0 Å². The van der Waals surface area contributed by atoms with Gasteiger partial charge in [0.25, 0.3) is 0 Å². The highest BCUT2D eigenvalue weighted by atomic mass is 16.5. The number of methoxy groups -OCH3 is 1. The molecule has 1 atom stereocenters. The quantitative estimate of drug-likeness (QED) is 0.718. The van der Waals surface area contributed by atoms with E-state index in [0.29, 0.717) is 12.6 Å². The van der Waals surface area contributed by atoms with E-state index in [-0.39, 0.29) is 11.9 Å². The number of carbonyl (C=O) groups excluding carboxylic acids is 2. The summed E-state index contributed by atoms with van der Waals surface area (Å²) >= 11 is 0. The third-order valence-corrected chi connectivity index (χ3v) is 3.53. The maximum Gasteiger partial charge on any atom is 0.329 e. The normalized spacial score (nSPS) is 17.8. The Bertz CT molecular complexity index is 288. The molecule has 1 rings (SSSR count). The molecule has 5 nitrogen and oxygen atoms in total. The van der Waals surface area contributed by atoms with Gasteiger partial charge in [-0.05, 0) is 19.4 Å². The van der Waals surface area contributed by atoms with Gasteiger partial charge in [-0.15, -0.1) is 0 Å². The van der Waals surface area contributed by atoms with E-state index in [2.05, 4.69) is 17.1 Å². The fraction of sp³-hybridized carbons (Fsp3) is 0.846. The van der Waals surface area contributed by atoms with Crippen molar-refractivity contribution >= 4 is 11.9 Å². The summed E-state index contributed by atoms with van der Waals surface area (Å²) in [4.78, 5) is 25.0. The lowest BCUT2D eigenvalue weighted by molar-refractivity contribution is -0.145. The summed E-state index contributed by atoms with van der Waals surface area (Å²) < 4.78 is 4.74. The molecule has 104 valence electrons. The predicted molar refractivity (Wildman–Crippen MR) is 69.1 cm³/mol. The highest BCUT2D eigenvalue weighted by molar-refractivity contribution is 5.83. The Balaban J connectivity index is 2.60. The van der Waals surface area contributed by atoms with E-state index in [0.717, 1.165) is 6.54 Å². The van der Waals surface area contributed by atoms with E-state index in [1.54, 1.807) is 0 Å². The second-order valence-electron chi connectivity index (χ2n) is 4.80. The molecule has 0 aromatic heterocycles. The molecule has 1 aliphatic rings. The van der Waals surface area contributed by atoms with Crippen molar-refractivity contribution in [2.24, 2.45) is 0 Å². The Morgan fingerprint density at radius 1 is 1.39 bits per heavy atom. The number of ether oxygens (including phenoxy) is 1. The topological polar surface area (TPSA) is 58.6 Å². The van der Waals surface area contributed by atoms with Crippen LogP contribution < -0.4 is 5.32 Å². The van der Waals surface area contributed by atoms with Gasteiger partial charge < -0.3 is 10.1 Å². The van der Waals surface area contributed by atoms with E-state index in [1.165, 1.54) is 39.7 Å². The van der Waals surface area contributed by atoms with Gasteiger partial charge in [0.15, 0.2) is 0 Å². The van der Waals surface area contributed by atoms with E-state index >= 15 is 0 Å². The van der Waals surface area contributed by atoms with Crippen molar-refractivity contribution in [1.29, 1.82) is 0 Å². The molecular formula is C13H24N2O3. The Labute approximate surface area is 109 Å². The van der Waals surface area contributed by atoms with E-state index in [1.807, 2.05) is 0 Å². The first-order chi connectivity index (χ1) is 8.58. The summed E-state index contributed by atoms with van der Waals surface area (Å²) in [6, 6.07) is -0.0241. The van der Waals surface area contributed by atoms with Crippen molar-refractivity contribution in [1.82, 2.24) is 10.2 Å². The van der Waals surface area contributed by atoms with Gasteiger partial charge in [0.2, 0.25) is 5.91 Å². The van der Waals surface area contributed by atoms with Crippen LogP contribution in [0.3, 0.4) is 0 Å². The number of hydrogen-bond donors (Lipinski definition) is 1. The summed E-state index contributed by atoms with van der Waals surface area (Å²) in [5, 5.41) is 2.66. The number of likely N-dealkylation sites (N-methyl/N-ethyl adjacent to an activating group) is 1. The van der Waals surface area contributed by atoms with Crippen molar-refractivity contribution in [2.75, 3.05) is 20.2 Å². The third kappa shape index (κ3) is 4.29. The molecule has 1 saturated carbocycles. The monoisotopic (exact) mass is 256 g/mol. The van der Waals surface area contributed by atoms with Gasteiger partial charge in [-0.1, -0.05) is 19.8 Å². The summed E-state index contributed by atoms with van der Waals surface area (Å²) in [6.07, 6.45) is 4.87. The first-order valence-electron chi connectivity index (χ1n) is 6.67. The first-order valence-corrected chi connectivity index (χ1v) is 6.67. The predicted octanol–water partition coefficient (Wildman–Crippen LogP) is 0.929. The lowest BCUT2D eigenvalue weighted by Gasteiger charge is -2.30. The van der Waals surface area contributed by atoms with Gasteiger partial charge in [-0.25, -0.2) is 4.79 Å². The third-order valence-electron chi connectivity index (χ3n) is 3.53. The highest BCUT2D eigenvalue weighted by Crippen LogP contribution is 2.23. The molecule has 0 radical (unpaired) electrons. The fourth-order valence-electron chi connectivity index (χ4n) is 2.61. The minimum atomic E-state index is -0.562. The zero-order valence-corrected chi connectivity index (χ0v) is 11.6. The number of nitrogens with zero attached hydrogens (tertiary/aromatic N) is 1. The Morgan fingerprint density at radius 3 is 2.44 bits per heavy atom. The molecule has 1 aliphatic carbocycles. The van der Waals surface area contributed by atoms with Crippen LogP contribution in [0.15, 0.2) is 0 Å². The van der Waals surface area contributed by atoms with E-state index in [4.69, 9.17) is 4.74 Å². The number of amides is 1. The summed E-state index contributed by atoms with van der Waals surface area (Å²) in [7, 11) is 1.35. The molecule has 0 aromatic rings. The Morgan fingerprint density at radius 2 is 2.00 bits per heavy atom. The Hall–Kier alpha value is -1.10. The summed E-state index contributed by atoms with van der Waals surface area (Å²) in [5.41, 5.74) is 0. The fourth-order valence-corrected chi connectivity index (χ4v) is 2.61. The van der Waals surface area contributed by atoms with E-state index < -0.39 is 6.04 Å². The number of nitrogens with one attached hydrogen (secondary N) is 1. The van der Waals surface area contributed by atoms with Crippen molar-refractivity contribution in [3.05, 3.63) is 0 Å². The largest absolute Gasteiger partial charge is 0.467 e. The second kappa shape index (κ2) is 7.36. The van der Waals surface area contributed by atoms with Crippen molar-refractivity contribution < 1.29 is 14.3 Å². The SMILES string of the molecule is CCN(CC(NC(C)=O)C(=O)OC)C1CCCC1. The zero-order valence-electron chi connectivity index (χ0n) is 11.6. The van der Waals surface area contributed by atoms with Crippen LogP contribution in [-0.4, -0.2) is 49.1 Å². The molecule has 5 heteroatoms. The van der Waals surface area contributed by atoms with Crippen LogP contribution >= 0.6 is 0 Å². The molecule has 0 heterocycles. The maximum absolute atomic E-state index is 11.7. The second-order valence-corrected chi connectivity index (χ2v) is 4.80. The Kier molecular flexibility index (Phi) is 6.12. The molecule has 0 aromatic carbocycles. The van der Waals surface area contributed by atoms with Gasteiger partial charge in [0.1, 0.15) is 6.04 Å². The van der Waals surface area contributed by atoms with Gasteiger partial charge in [-0.3, -0.25) is 9.69 Å². The van der Waals surface area contributed by atoms with Crippen LogP contribution in [0.4, 0.5) is 0 Å². The van der Waals surface area contributed by atoms with Crippen LogP contribution in [0, 0.1) is 0 Å². The molecule has 0 spiro atoms. The van der Waals surface area contributed by atoms with Crippen LogP contribution in [0.5, 0.6) is 0 Å². The number of rotatable bonds is 6. The van der Waals surface area contributed by atoms with Gasteiger partial charge >= 0.3 is 5.97 Å². The highest BCUT2D eigenvalue weighted by Gasteiger charge is 2.28. The van der Waals surface area contributed by atoms with Gasteiger partial charge in [-0.2, -0.15) is 0 Å². The molecule has 1 amide bonds. The number of esters is 1. The molecular weight excluding hydrogens is 232 g/mol. The average Bonchev–Trinajstić information content (AvgIpc) is 2.86. The minimum Gasteiger partial charge on any atom is -0.467 e. The van der Waals surface area contributed by atoms with Crippen LogP contribution in [-0.2, 0) is 14.3 Å². The van der Waals surface area contributed by atoms with Crippen LogP contribution in [0.25, 0.3) is 0 Å². The smallest absolute Gasteiger partial charge is 0.329 e. The molecule has 0 saturated heterocycles. The average molecular weight is 256 g/mol. The van der Waals surface area contributed by atoms with Gasteiger partial charge in [0.05, 0.1) is 7.11 Å². The lowest BCUT2D eigenvalue weighted by Crippen LogP contribution is -2.50. The molecule has 1 fully saturated rings. The van der Waals surface area contributed by atoms with Crippen LogP contribution in [0.1, 0.15) is 39.5 Å². The van der Waals surface area contributed by atoms with Crippen molar-refractivity contribution in [2.45, 2.75) is 51.6 Å².